The second kappa shape index (κ2) is 5.61. The van der Waals surface area contributed by atoms with Crippen molar-refractivity contribution in [2.45, 2.75) is 26.3 Å². The maximum Gasteiger partial charge on any atom is 0.337 e. The first-order valence-electron chi connectivity index (χ1n) is 6.77. The second-order valence-corrected chi connectivity index (χ2v) is 5.58. The van der Waals surface area contributed by atoms with E-state index >= 15 is 0 Å². The van der Waals surface area contributed by atoms with Crippen LogP contribution in [0, 0.1) is 12.8 Å². The molecule has 1 saturated heterocycles. The van der Waals surface area contributed by atoms with E-state index in [2.05, 4.69) is 24.2 Å². The van der Waals surface area contributed by atoms with Crippen molar-refractivity contribution >= 4 is 11.7 Å². The first kappa shape index (κ1) is 13.9. The van der Waals surface area contributed by atoms with Gasteiger partial charge in [-0.05, 0) is 44.5 Å². The zero-order chi connectivity index (χ0) is 14.0. The number of carboxylic acids is 1. The lowest BCUT2D eigenvalue weighted by molar-refractivity contribution is 0.0697. The first-order valence-corrected chi connectivity index (χ1v) is 6.77. The molecule has 0 aliphatic carbocycles. The Morgan fingerprint density at radius 3 is 2.84 bits per heavy atom. The number of rotatable bonds is 3. The van der Waals surface area contributed by atoms with Crippen LogP contribution >= 0.6 is 0 Å². The van der Waals surface area contributed by atoms with E-state index in [4.69, 9.17) is 0 Å². The zero-order valence-electron chi connectivity index (χ0n) is 11.8. The van der Waals surface area contributed by atoms with Gasteiger partial charge in [0.15, 0.2) is 0 Å². The molecule has 1 fully saturated rings. The third kappa shape index (κ3) is 3.07. The molecule has 19 heavy (non-hydrogen) atoms. The summed E-state index contributed by atoms with van der Waals surface area (Å²) in [5.41, 5.74) is 2.13. The van der Waals surface area contributed by atoms with E-state index in [-0.39, 0.29) is 0 Å². The number of benzene rings is 1. The Balaban J connectivity index is 2.21. The van der Waals surface area contributed by atoms with E-state index in [1.54, 1.807) is 12.1 Å². The van der Waals surface area contributed by atoms with Crippen LogP contribution in [0.15, 0.2) is 18.2 Å². The van der Waals surface area contributed by atoms with Gasteiger partial charge in [0.2, 0.25) is 0 Å². The number of hydrogen-bond acceptors (Lipinski definition) is 3. The van der Waals surface area contributed by atoms with Crippen molar-refractivity contribution in [3.05, 3.63) is 29.3 Å². The molecule has 1 aromatic rings. The third-order valence-electron chi connectivity index (χ3n) is 3.94. The monoisotopic (exact) mass is 262 g/mol. The molecular weight excluding hydrogens is 240 g/mol. The van der Waals surface area contributed by atoms with Crippen LogP contribution in [0.1, 0.15) is 29.3 Å². The molecular formula is C15H22N2O2. The maximum atomic E-state index is 11.3. The van der Waals surface area contributed by atoms with E-state index in [1.165, 1.54) is 0 Å². The lowest BCUT2D eigenvalue weighted by atomic mass is 9.93. The van der Waals surface area contributed by atoms with Crippen molar-refractivity contribution in [3.63, 3.8) is 0 Å². The standard InChI is InChI=1S/C15H22N2O2/c1-10-5-4-6-12(15(18)19)14(10)16-13-7-8-17(3)9-11(13)2/h4-6,11,13,16H,7-9H2,1-3H3,(H,18,19). The average Bonchev–Trinajstić information content (AvgIpc) is 2.34. The summed E-state index contributed by atoms with van der Waals surface area (Å²) in [5.74, 6) is -0.355. The summed E-state index contributed by atoms with van der Waals surface area (Å²) < 4.78 is 0. The first-order chi connectivity index (χ1) is 8.99. The molecule has 1 aliphatic heterocycles. The van der Waals surface area contributed by atoms with Gasteiger partial charge in [-0.15, -0.1) is 0 Å². The summed E-state index contributed by atoms with van der Waals surface area (Å²) in [6.45, 7) is 6.27. The van der Waals surface area contributed by atoms with E-state index in [1.807, 2.05) is 13.0 Å². The Morgan fingerprint density at radius 1 is 1.47 bits per heavy atom. The normalized spacial score (nSPS) is 24.2. The molecule has 2 unspecified atom stereocenters. The predicted octanol–water partition coefficient (Wildman–Crippen LogP) is 2.45. The molecule has 0 bridgehead atoms. The Morgan fingerprint density at radius 2 is 2.21 bits per heavy atom. The number of carbonyl (C=O) groups is 1. The molecule has 0 aromatic heterocycles. The number of nitrogens with one attached hydrogen (secondary N) is 1. The van der Waals surface area contributed by atoms with Gasteiger partial charge in [0.05, 0.1) is 11.3 Å². The highest BCUT2D eigenvalue weighted by molar-refractivity contribution is 5.95. The van der Waals surface area contributed by atoms with Gasteiger partial charge >= 0.3 is 5.97 Å². The number of aromatic carboxylic acids is 1. The van der Waals surface area contributed by atoms with Crippen molar-refractivity contribution in [2.24, 2.45) is 5.92 Å². The largest absolute Gasteiger partial charge is 0.478 e. The predicted molar refractivity (Wildman–Crippen MR) is 76.8 cm³/mol. The third-order valence-corrected chi connectivity index (χ3v) is 3.94. The van der Waals surface area contributed by atoms with Crippen molar-refractivity contribution in [1.82, 2.24) is 4.90 Å². The molecule has 2 rings (SSSR count). The second-order valence-electron chi connectivity index (χ2n) is 5.58. The zero-order valence-corrected chi connectivity index (χ0v) is 11.8. The van der Waals surface area contributed by atoms with E-state index in [0.717, 1.165) is 30.8 Å². The molecule has 104 valence electrons. The van der Waals surface area contributed by atoms with Gasteiger partial charge in [-0.2, -0.15) is 0 Å². The number of piperidine rings is 1. The summed E-state index contributed by atoms with van der Waals surface area (Å²) in [5, 5.41) is 12.7. The highest BCUT2D eigenvalue weighted by Gasteiger charge is 2.25. The van der Waals surface area contributed by atoms with E-state index in [0.29, 0.717) is 17.5 Å². The highest BCUT2D eigenvalue weighted by Crippen LogP contribution is 2.26. The van der Waals surface area contributed by atoms with Gasteiger partial charge in [0, 0.05) is 12.6 Å². The van der Waals surface area contributed by atoms with Crippen LogP contribution in [0.3, 0.4) is 0 Å². The summed E-state index contributed by atoms with van der Waals surface area (Å²) in [4.78, 5) is 13.6. The average molecular weight is 262 g/mol. The van der Waals surface area contributed by atoms with Crippen molar-refractivity contribution in [1.29, 1.82) is 0 Å². The highest BCUT2D eigenvalue weighted by atomic mass is 16.4. The van der Waals surface area contributed by atoms with Gasteiger partial charge in [-0.3, -0.25) is 0 Å². The fourth-order valence-corrected chi connectivity index (χ4v) is 2.79. The number of carboxylic acid groups (broad SMARTS) is 1. The number of nitrogens with zero attached hydrogens (tertiary/aromatic N) is 1. The molecule has 1 aliphatic rings. The molecule has 0 radical (unpaired) electrons. The van der Waals surface area contributed by atoms with Crippen molar-refractivity contribution in [3.8, 4) is 0 Å². The Kier molecular flexibility index (Phi) is 4.10. The molecule has 1 aromatic carbocycles. The number of anilines is 1. The molecule has 4 nitrogen and oxygen atoms in total. The van der Waals surface area contributed by atoms with Gasteiger partial charge in [-0.25, -0.2) is 4.79 Å². The van der Waals surface area contributed by atoms with E-state index < -0.39 is 5.97 Å². The van der Waals surface area contributed by atoms with Crippen LogP contribution in [0.25, 0.3) is 0 Å². The fourth-order valence-electron chi connectivity index (χ4n) is 2.79. The van der Waals surface area contributed by atoms with Crippen LogP contribution in [0.4, 0.5) is 5.69 Å². The minimum atomic E-state index is -0.869. The number of likely N-dealkylation sites (tertiary alicyclic amines) is 1. The SMILES string of the molecule is Cc1cccc(C(=O)O)c1NC1CCN(C)CC1C. The molecule has 4 heteroatoms. The fraction of sp³-hybridized carbons (Fsp3) is 0.533. The number of para-hydroxylation sites is 1. The van der Waals surface area contributed by atoms with Gasteiger partial charge < -0.3 is 15.3 Å². The maximum absolute atomic E-state index is 11.3. The lowest BCUT2D eigenvalue weighted by Gasteiger charge is -2.36. The van der Waals surface area contributed by atoms with Crippen LogP contribution in [0.2, 0.25) is 0 Å². The quantitative estimate of drug-likeness (QED) is 0.878. The van der Waals surface area contributed by atoms with E-state index in [9.17, 15) is 9.90 Å². The summed E-state index contributed by atoms with van der Waals surface area (Å²) in [6.07, 6.45) is 1.05. The Labute approximate surface area is 114 Å². The van der Waals surface area contributed by atoms with Crippen LogP contribution in [-0.2, 0) is 0 Å². The summed E-state index contributed by atoms with van der Waals surface area (Å²) >= 11 is 0. The molecule has 2 atom stereocenters. The molecule has 0 spiro atoms. The minimum Gasteiger partial charge on any atom is -0.478 e. The minimum absolute atomic E-state index is 0.343. The number of hydrogen-bond donors (Lipinski definition) is 2. The van der Waals surface area contributed by atoms with Crippen LogP contribution in [-0.4, -0.2) is 42.2 Å². The van der Waals surface area contributed by atoms with Crippen molar-refractivity contribution < 1.29 is 9.90 Å². The lowest BCUT2D eigenvalue weighted by Crippen LogP contribution is -2.43. The molecule has 0 saturated carbocycles. The van der Waals surface area contributed by atoms with Gasteiger partial charge in [0.1, 0.15) is 0 Å². The number of aryl methyl sites for hydroxylation is 1. The summed E-state index contributed by atoms with van der Waals surface area (Å²) in [6, 6.07) is 5.75. The Bertz CT molecular complexity index is 473. The smallest absolute Gasteiger partial charge is 0.337 e. The summed E-state index contributed by atoms with van der Waals surface area (Å²) in [7, 11) is 2.13. The van der Waals surface area contributed by atoms with Crippen LogP contribution in [0.5, 0.6) is 0 Å². The van der Waals surface area contributed by atoms with Crippen LogP contribution < -0.4 is 5.32 Å². The van der Waals surface area contributed by atoms with Gasteiger partial charge in [0.25, 0.3) is 0 Å². The molecule has 2 N–H and O–H groups in total. The Hall–Kier alpha value is -1.55. The van der Waals surface area contributed by atoms with Crippen molar-refractivity contribution in [2.75, 3.05) is 25.5 Å². The van der Waals surface area contributed by atoms with Gasteiger partial charge in [-0.1, -0.05) is 19.1 Å². The molecule has 0 amide bonds. The topological polar surface area (TPSA) is 52.6 Å². The molecule has 1 heterocycles.